The Labute approximate surface area is 132 Å². The van der Waals surface area contributed by atoms with Gasteiger partial charge < -0.3 is 4.90 Å². The van der Waals surface area contributed by atoms with Gasteiger partial charge in [-0.15, -0.1) is 0 Å². The van der Waals surface area contributed by atoms with E-state index in [9.17, 15) is 13.2 Å². The van der Waals surface area contributed by atoms with Crippen LogP contribution in [0.25, 0.3) is 0 Å². The molecule has 2 rings (SSSR count). The van der Waals surface area contributed by atoms with E-state index >= 15 is 0 Å². The zero-order valence-corrected chi connectivity index (χ0v) is 13.9. The van der Waals surface area contributed by atoms with Gasteiger partial charge in [0.25, 0.3) is 5.91 Å². The molecule has 1 aliphatic rings. The Morgan fingerprint density at radius 2 is 1.77 bits per heavy atom. The highest BCUT2D eigenvalue weighted by Gasteiger charge is 2.21. The monoisotopic (exact) mass is 324 g/mol. The Morgan fingerprint density at radius 1 is 1.14 bits per heavy atom. The fourth-order valence-corrected chi connectivity index (χ4v) is 3.84. The molecule has 1 amide bonds. The average molecular weight is 324 g/mol. The minimum atomic E-state index is -3.40. The van der Waals surface area contributed by atoms with Gasteiger partial charge >= 0.3 is 0 Å². The van der Waals surface area contributed by atoms with E-state index in [2.05, 4.69) is 4.72 Å². The van der Waals surface area contributed by atoms with Gasteiger partial charge in [-0.05, 0) is 31.4 Å². The molecule has 1 aromatic rings. The van der Waals surface area contributed by atoms with E-state index < -0.39 is 10.0 Å². The first-order valence-electron chi connectivity index (χ1n) is 7.92. The van der Waals surface area contributed by atoms with Gasteiger partial charge in [0.2, 0.25) is 10.0 Å². The van der Waals surface area contributed by atoms with Crippen molar-refractivity contribution in [3.63, 3.8) is 0 Å². The number of hydrogen-bond acceptors (Lipinski definition) is 3. The molecule has 0 spiro atoms. The number of likely N-dealkylation sites (tertiary alicyclic amines) is 1. The Bertz CT molecular complexity index is 606. The van der Waals surface area contributed by atoms with Crippen molar-refractivity contribution in [1.29, 1.82) is 0 Å². The van der Waals surface area contributed by atoms with Gasteiger partial charge in [0.15, 0.2) is 0 Å². The second-order valence-corrected chi connectivity index (χ2v) is 7.51. The van der Waals surface area contributed by atoms with Crippen molar-refractivity contribution >= 4 is 21.6 Å². The molecule has 0 aliphatic carbocycles. The summed E-state index contributed by atoms with van der Waals surface area (Å²) in [5, 5.41) is 0. The van der Waals surface area contributed by atoms with E-state index in [0.29, 0.717) is 17.7 Å². The van der Waals surface area contributed by atoms with Crippen LogP contribution in [0.5, 0.6) is 0 Å². The SMILES string of the molecule is CCCS(=O)(=O)Nc1ccccc1C(=O)N1CCCCCC1. The summed E-state index contributed by atoms with van der Waals surface area (Å²) in [7, 11) is -3.40. The predicted octanol–water partition coefficient (Wildman–Crippen LogP) is 2.85. The lowest BCUT2D eigenvalue weighted by atomic mass is 10.1. The molecule has 0 aromatic heterocycles. The third kappa shape index (κ3) is 4.47. The van der Waals surface area contributed by atoms with Crippen molar-refractivity contribution in [3.8, 4) is 0 Å². The average Bonchev–Trinajstić information content (AvgIpc) is 2.75. The second-order valence-electron chi connectivity index (χ2n) is 5.67. The van der Waals surface area contributed by atoms with Gasteiger partial charge in [0.1, 0.15) is 0 Å². The predicted molar refractivity (Wildman–Crippen MR) is 88.5 cm³/mol. The van der Waals surface area contributed by atoms with Crippen LogP contribution in [0.2, 0.25) is 0 Å². The number of carbonyl (C=O) groups is 1. The highest BCUT2D eigenvalue weighted by Crippen LogP contribution is 2.21. The lowest BCUT2D eigenvalue weighted by Gasteiger charge is -2.22. The molecule has 0 atom stereocenters. The van der Waals surface area contributed by atoms with Crippen molar-refractivity contribution in [1.82, 2.24) is 4.90 Å². The van der Waals surface area contributed by atoms with Crippen LogP contribution in [-0.4, -0.2) is 38.1 Å². The van der Waals surface area contributed by atoms with Crippen molar-refractivity contribution < 1.29 is 13.2 Å². The Balaban J connectivity index is 2.22. The number of para-hydroxylation sites is 1. The summed E-state index contributed by atoms with van der Waals surface area (Å²) in [5.41, 5.74) is 0.814. The topological polar surface area (TPSA) is 66.5 Å². The van der Waals surface area contributed by atoms with Crippen molar-refractivity contribution in [2.45, 2.75) is 39.0 Å². The van der Waals surface area contributed by atoms with Crippen LogP contribution in [0.1, 0.15) is 49.4 Å². The molecular formula is C16H24N2O3S. The number of carbonyl (C=O) groups excluding carboxylic acids is 1. The highest BCUT2D eigenvalue weighted by molar-refractivity contribution is 7.92. The summed E-state index contributed by atoms with van der Waals surface area (Å²) in [5.74, 6) is -0.0316. The molecule has 22 heavy (non-hydrogen) atoms. The maximum absolute atomic E-state index is 12.7. The fourth-order valence-electron chi connectivity index (χ4n) is 2.69. The molecule has 1 heterocycles. The zero-order chi connectivity index (χ0) is 16.0. The molecule has 1 saturated heterocycles. The van der Waals surface area contributed by atoms with E-state index in [1.54, 1.807) is 24.3 Å². The van der Waals surface area contributed by atoms with Gasteiger partial charge in [-0.3, -0.25) is 9.52 Å². The lowest BCUT2D eigenvalue weighted by Crippen LogP contribution is -2.32. The quantitative estimate of drug-likeness (QED) is 0.905. The van der Waals surface area contributed by atoms with Crippen molar-refractivity contribution in [3.05, 3.63) is 29.8 Å². The van der Waals surface area contributed by atoms with Crippen LogP contribution in [0.15, 0.2) is 24.3 Å². The minimum absolute atomic E-state index is 0.0548. The van der Waals surface area contributed by atoms with Crippen molar-refractivity contribution in [2.75, 3.05) is 23.6 Å². The molecule has 0 unspecified atom stereocenters. The summed E-state index contributed by atoms with van der Waals surface area (Å²) in [6.07, 6.45) is 4.85. The largest absolute Gasteiger partial charge is 0.339 e. The maximum Gasteiger partial charge on any atom is 0.255 e. The summed E-state index contributed by atoms with van der Waals surface area (Å²) in [6, 6.07) is 6.85. The van der Waals surface area contributed by atoms with E-state index in [4.69, 9.17) is 0 Å². The molecule has 1 aromatic carbocycles. The zero-order valence-electron chi connectivity index (χ0n) is 13.0. The molecule has 6 heteroatoms. The van der Waals surface area contributed by atoms with Crippen LogP contribution in [0.3, 0.4) is 0 Å². The molecular weight excluding hydrogens is 300 g/mol. The minimum Gasteiger partial charge on any atom is -0.339 e. The van der Waals surface area contributed by atoms with Crippen LogP contribution in [0, 0.1) is 0 Å². The first kappa shape index (κ1) is 16.8. The molecule has 0 saturated carbocycles. The normalized spacial score (nSPS) is 16.1. The van der Waals surface area contributed by atoms with E-state index in [0.717, 1.165) is 38.8 Å². The Hall–Kier alpha value is -1.56. The van der Waals surface area contributed by atoms with Crippen LogP contribution >= 0.6 is 0 Å². The van der Waals surface area contributed by atoms with E-state index in [-0.39, 0.29) is 11.7 Å². The number of nitrogens with zero attached hydrogens (tertiary/aromatic N) is 1. The number of hydrogen-bond donors (Lipinski definition) is 1. The third-order valence-corrected chi connectivity index (χ3v) is 5.27. The van der Waals surface area contributed by atoms with E-state index in [1.165, 1.54) is 0 Å². The number of nitrogens with one attached hydrogen (secondary N) is 1. The molecule has 5 nitrogen and oxygen atoms in total. The van der Waals surface area contributed by atoms with Crippen molar-refractivity contribution in [2.24, 2.45) is 0 Å². The summed E-state index contributed by atoms with van der Waals surface area (Å²) >= 11 is 0. The fraction of sp³-hybridized carbons (Fsp3) is 0.562. The van der Waals surface area contributed by atoms with Crippen LogP contribution in [0.4, 0.5) is 5.69 Å². The van der Waals surface area contributed by atoms with Gasteiger partial charge in [-0.2, -0.15) is 0 Å². The summed E-state index contributed by atoms with van der Waals surface area (Å²) < 4.78 is 26.5. The van der Waals surface area contributed by atoms with Gasteiger partial charge in [0.05, 0.1) is 17.0 Å². The number of benzene rings is 1. The molecule has 1 aliphatic heterocycles. The summed E-state index contributed by atoms with van der Waals surface area (Å²) in [4.78, 5) is 14.5. The standard InChI is InChI=1S/C16H24N2O3S/c1-2-13-22(20,21)17-15-10-6-5-9-14(15)16(19)18-11-7-3-4-8-12-18/h5-6,9-10,17H,2-4,7-8,11-13H2,1H3. The molecule has 122 valence electrons. The number of sulfonamides is 1. The summed E-state index contributed by atoms with van der Waals surface area (Å²) in [6.45, 7) is 3.30. The Morgan fingerprint density at radius 3 is 2.41 bits per heavy atom. The van der Waals surface area contributed by atoms with Crippen LogP contribution in [-0.2, 0) is 10.0 Å². The van der Waals surface area contributed by atoms with Gasteiger partial charge in [-0.25, -0.2) is 8.42 Å². The lowest BCUT2D eigenvalue weighted by molar-refractivity contribution is 0.0762. The number of amides is 1. The first-order valence-corrected chi connectivity index (χ1v) is 9.57. The van der Waals surface area contributed by atoms with E-state index in [1.807, 2.05) is 11.8 Å². The third-order valence-electron chi connectivity index (χ3n) is 3.79. The second kappa shape index (κ2) is 7.63. The first-order chi connectivity index (χ1) is 10.5. The van der Waals surface area contributed by atoms with Gasteiger partial charge in [0, 0.05) is 13.1 Å². The number of rotatable bonds is 5. The van der Waals surface area contributed by atoms with Gasteiger partial charge in [-0.1, -0.05) is 31.9 Å². The van der Waals surface area contributed by atoms with Crippen LogP contribution < -0.4 is 4.72 Å². The Kier molecular flexibility index (Phi) is 5.83. The molecule has 1 fully saturated rings. The highest BCUT2D eigenvalue weighted by atomic mass is 32.2. The molecule has 0 bridgehead atoms. The molecule has 0 radical (unpaired) electrons. The molecule has 1 N–H and O–H groups in total. The number of anilines is 1. The smallest absolute Gasteiger partial charge is 0.255 e. The maximum atomic E-state index is 12.7.